The molecule has 0 unspecified atom stereocenters. The summed E-state index contributed by atoms with van der Waals surface area (Å²) < 4.78 is 0. The molecule has 5 nitrogen and oxygen atoms in total. The van der Waals surface area contributed by atoms with Crippen molar-refractivity contribution in [2.75, 3.05) is 26.2 Å². The maximum Gasteiger partial charge on any atom is 0.312 e. The molecule has 5 heteroatoms. The molecule has 0 saturated carbocycles. The summed E-state index contributed by atoms with van der Waals surface area (Å²) in [6.07, 6.45) is 5.94. The molecule has 0 spiro atoms. The topological polar surface area (TPSA) is 53.5 Å². The largest absolute Gasteiger partial charge is 0.334 e. The molecule has 1 heterocycles. The zero-order valence-electron chi connectivity index (χ0n) is 13.9. The molecule has 122 valence electrons. The van der Waals surface area contributed by atoms with E-state index in [-0.39, 0.29) is 5.91 Å². The van der Waals surface area contributed by atoms with Gasteiger partial charge in [0, 0.05) is 38.6 Å². The lowest BCUT2D eigenvalue weighted by atomic mass is 10.2. The van der Waals surface area contributed by atoms with E-state index in [0.29, 0.717) is 26.2 Å². The Kier molecular flexibility index (Phi) is 8.18. The number of pyridine rings is 1. The molecule has 0 atom stereocenters. The molecular weight excluding hydrogens is 278 g/mol. The van der Waals surface area contributed by atoms with Crippen LogP contribution in [0.3, 0.4) is 0 Å². The van der Waals surface area contributed by atoms with Gasteiger partial charge in [0.05, 0.1) is 0 Å². The molecule has 1 aromatic heterocycles. The Balaban J connectivity index is 2.63. The van der Waals surface area contributed by atoms with Gasteiger partial charge in [-0.1, -0.05) is 13.8 Å². The third kappa shape index (κ3) is 5.47. The lowest BCUT2D eigenvalue weighted by Crippen LogP contribution is -2.46. The highest BCUT2D eigenvalue weighted by molar-refractivity contribution is 6.34. The van der Waals surface area contributed by atoms with Crippen LogP contribution in [0, 0.1) is 0 Å². The Bertz CT molecular complexity index is 456. The van der Waals surface area contributed by atoms with Gasteiger partial charge >= 0.3 is 11.8 Å². The first kappa shape index (κ1) is 18.1. The van der Waals surface area contributed by atoms with Crippen LogP contribution >= 0.6 is 0 Å². The van der Waals surface area contributed by atoms with Crippen molar-refractivity contribution < 1.29 is 9.59 Å². The first-order valence-corrected chi connectivity index (χ1v) is 8.11. The van der Waals surface area contributed by atoms with Gasteiger partial charge in [-0.05, 0) is 43.9 Å². The van der Waals surface area contributed by atoms with Gasteiger partial charge in [0.1, 0.15) is 0 Å². The zero-order valence-corrected chi connectivity index (χ0v) is 13.9. The molecule has 0 fully saturated rings. The van der Waals surface area contributed by atoms with Crippen LogP contribution in [0.25, 0.3) is 0 Å². The van der Waals surface area contributed by atoms with Crippen LogP contribution < -0.4 is 0 Å². The fraction of sp³-hybridized carbons (Fsp3) is 0.588. The molecule has 0 N–H and O–H groups in total. The summed E-state index contributed by atoms with van der Waals surface area (Å²) in [5.41, 5.74) is 1.12. The van der Waals surface area contributed by atoms with Crippen molar-refractivity contribution in [3.8, 4) is 0 Å². The summed E-state index contributed by atoms with van der Waals surface area (Å²) in [7, 11) is 0. The van der Waals surface area contributed by atoms with E-state index in [1.54, 1.807) is 22.2 Å². The van der Waals surface area contributed by atoms with Gasteiger partial charge in [-0.2, -0.15) is 0 Å². The van der Waals surface area contributed by atoms with Crippen molar-refractivity contribution in [3.05, 3.63) is 30.1 Å². The highest BCUT2D eigenvalue weighted by Crippen LogP contribution is 2.03. The molecular formula is C17H27N3O2. The van der Waals surface area contributed by atoms with Crippen LogP contribution in [0.15, 0.2) is 24.5 Å². The van der Waals surface area contributed by atoms with Gasteiger partial charge < -0.3 is 9.80 Å². The predicted octanol–water partition coefficient (Wildman–Crippen LogP) is 2.12. The van der Waals surface area contributed by atoms with E-state index in [1.807, 2.05) is 32.9 Å². The summed E-state index contributed by atoms with van der Waals surface area (Å²) in [4.78, 5) is 32.0. The molecule has 0 aliphatic carbocycles. The van der Waals surface area contributed by atoms with Crippen molar-refractivity contribution >= 4 is 11.8 Å². The minimum Gasteiger partial charge on any atom is -0.334 e. The van der Waals surface area contributed by atoms with Crippen molar-refractivity contribution in [1.82, 2.24) is 14.8 Å². The van der Waals surface area contributed by atoms with Crippen molar-refractivity contribution in [2.45, 2.75) is 40.0 Å². The molecule has 0 aliphatic rings. The number of aromatic nitrogens is 1. The first-order valence-electron chi connectivity index (χ1n) is 8.11. The second-order valence-corrected chi connectivity index (χ2v) is 5.28. The standard InChI is InChI=1S/C17H27N3O2/c1-4-12-20(13-5-2)17(22)16(21)19(6-3)14-9-15-7-10-18-11-8-15/h7-8,10-11H,4-6,9,12-14H2,1-3H3. The molecule has 1 rings (SSSR count). The van der Waals surface area contributed by atoms with Crippen LogP contribution in [-0.4, -0.2) is 52.8 Å². The van der Waals surface area contributed by atoms with Crippen molar-refractivity contribution in [2.24, 2.45) is 0 Å². The maximum atomic E-state index is 12.4. The lowest BCUT2D eigenvalue weighted by molar-refractivity contribution is -0.151. The number of rotatable bonds is 8. The highest BCUT2D eigenvalue weighted by Gasteiger charge is 2.25. The van der Waals surface area contributed by atoms with Crippen molar-refractivity contribution in [1.29, 1.82) is 0 Å². The monoisotopic (exact) mass is 305 g/mol. The molecule has 0 bridgehead atoms. The Morgan fingerprint density at radius 1 is 0.909 bits per heavy atom. The summed E-state index contributed by atoms with van der Waals surface area (Å²) in [5.74, 6) is -0.765. The molecule has 0 radical (unpaired) electrons. The fourth-order valence-electron chi connectivity index (χ4n) is 2.34. The Morgan fingerprint density at radius 2 is 1.45 bits per heavy atom. The van der Waals surface area contributed by atoms with Gasteiger partial charge in [0.15, 0.2) is 0 Å². The minimum atomic E-state index is -0.390. The van der Waals surface area contributed by atoms with Crippen LogP contribution in [0.2, 0.25) is 0 Å². The van der Waals surface area contributed by atoms with E-state index >= 15 is 0 Å². The van der Waals surface area contributed by atoms with E-state index in [2.05, 4.69) is 4.98 Å². The maximum absolute atomic E-state index is 12.4. The lowest BCUT2D eigenvalue weighted by Gasteiger charge is -2.26. The first-order chi connectivity index (χ1) is 10.6. The Labute approximate surface area is 133 Å². The van der Waals surface area contributed by atoms with Gasteiger partial charge in [0.2, 0.25) is 0 Å². The Hall–Kier alpha value is -1.91. The second-order valence-electron chi connectivity index (χ2n) is 5.28. The minimum absolute atomic E-state index is 0.375. The molecule has 1 aromatic rings. The smallest absolute Gasteiger partial charge is 0.312 e. The SMILES string of the molecule is CCCN(CCC)C(=O)C(=O)N(CC)CCc1ccncc1. The summed E-state index contributed by atoms with van der Waals surface area (Å²) >= 11 is 0. The van der Waals surface area contributed by atoms with E-state index in [4.69, 9.17) is 0 Å². The highest BCUT2D eigenvalue weighted by atomic mass is 16.2. The number of hydrogen-bond donors (Lipinski definition) is 0. The van der Waals surface area contributed by atoms with Crippen LogP contribution in [0.5, 0.6) is 0 Å². The van der Waals surface area contributed by atoms with E-state index < -0.39 is 5.91 Å². The predicted molar refractivity (Wildman–Crippen MR) is 87.4 cm³/mol. The molecule has 0 aromatic carbocycles. The molecule has 2 amide bonds. The van der Waals surface area contributed by atoms with Gasteiger partial charge in [-0.3, -0.25) is 14.6 Å². The fourth-order valence-corrected chi connectivity index (χ4v) is 2.34. The number of hydrogen-bond acceptors (Lipinski definition) is 3. The second kappa shape index (κ2) is 9.92. The zero-order chi connectivity index (χ0) is 16.4. The third-order valence-corrected chi connectivity index (χ3v) is 3.55. The van der Waals surface area contributed by atoms with Gasteiger partial charge in [0.25, 0.3) is 0 Å². The summed E-state index contributed by atoms with van der Waals surface area (Å²) in [5, 5.41) is 0. The van der Waals surface area contributed by atoms with E-state index in [9.17, 15) is 9.59 Å². The number of carbonyl (C=O) groups excluding carboxylic acids is 2. The van der Waals surface area contributed by atoms with Gasteiger partial charge in [-0.25, -0.2) is 0 Å². The molecule has 0 aliphatic heterocycles. The molecule has 22 heavy (non-hydrogen) atoms. The number of carbonyl (C=O) groups is 2. The number of likely N-dealkylation sites (N-methyl/N-ethyl adjacent to an activating group) is 1. The Morgan fingerprint density at radius 3 is 1.95 bits per heavy atom. The van der Waals surface area contributed by atoms with Crippen LogP contribution in [0.1, 0.15) is 39.2 Å². The summed E-state index contributed by atoms with van der Waals surface area (Å²) in [6, 6.07) is 3.86. The average molecular weight is 305 g/mol. The normalized spacial score (nSPS) is 10.3. The van der Waals surface area contributed by atoms with Crippen molar-refractivity contribution in [3.63, 3.8) is 0 Å². The van der Waals surface area contributed by atoms with Crippen LogP contribution in [0.4, 0.5) is 0 Å². The average Bonchev–Trinajstić information content (AvgIpc) is 2.55. The number of amides is 2. The van der Waals surface area contributed by atoms with E-state index in [1.165, 1.54) is 0 Å². The van der Waals surface area contributed by atoms with Gasteiger partial charge in [-0.15, -0.1) is 0 Å². The quantitative estimate of drug-likeness (QED) is 0.691. The third-order valence-electron chi connectivity index (χ3n) is 3.55. The number of nitrogens with zero attached hydrogens (tertiary/aromatic N) is 3. The van der Waals surface area contributed by atoms with Crippen LogP contribution in [-0.2, 0) is 16.0 Å². The molecule has 0 saturated heterocycles. The summed E-state index contributed by atoms with van der Waals surface area (Å²) in [6.45, 7) is 8.31. The van der Waals surface area contributed by atoms with E-state index in [0.717, 1.165) is 24.8 Å².